The molecule has 2 aliphatic heterocycles. The SMILES string of the molecule is CC[C@H]1c2cc3[nH]c4c(c5nc(cc6[nH]c(cc(n2)[C@@H]1C)c(C(C)O)c6C)C(C)=C5CCCOOC)CC(=O)c4c3C. The van der Waals surface area contributed by atoms with Crippen molar-refractivity contribution >= 4 is 39.0 Å². The van der Waals surface area contributed by atoms with Crippen LogP contribution in [0.2, 0.25) is 0 Å². The monoisotopic (exact) mass is 568 g/mol. The van der Waals surface area contributed by atoms with Crippen LogP contribution < -0.4 is 0 Å². The molecule has 3 aromatic heterocycles. The van der Waals surface area contributed by atoms with Gasteiger partial charge >= 0.3 is 0 Å². The molecule has 6 rings (SSSR count). The van der Waals surface area contributed by atoms with Gasteiger partial charge in [-0.15, -0.1) is 0 Å². The molecule has 0 fully saturated rings. The molecule has 0 amide bonds. The average Bonchev–Trinajstić information content (AvgIpc) is 3.69. The van der Waals surface area contributed by atoms with Gasteiger partial charge in [0.25, 0.3) is 0 Å². The first-order chi connectivity index (χ1) is 20.1. The maximum absolute atomic E-state index is 13.5. The molecule has 8 nitrogen and oxygen atoms in total. The second kappa shape index (κ2) is 10.9. The maximum atomic E-state index is 13.5. The summed E-state index contributed by atoms with van der Waals surface area (Å²) in [6.07, 6.45) is 2.12. The third-order valence-electron chi connectivity index (χ3n) is 9.42. The number of fused-ring (bicyclic) bond motifs is 8. The molecule has 0 saturated heterocycles. The van der Waals surface area contributed by atoms with Gasteiger partial charge in [0.15, 0.2) is 5.78 Å². The number of aromatic amines is 2. The Labute approximate surface area is 246 Å². The minimum atomic E-state index is -0.648. The van der Waals surface area contributed by atoms with Crippen LogP contribution in [0.3, 0.4) is 0 Å². The number of rotatable bonds is 7. The number of aryl methyl sites for hydroxylation is 2. The minimum absolute atomic E-state index is 0.121. The highest BCUT2D eigenvalue weighted by molar-refractivity contribution is 6.14. The second-order valence-corrected chi connectivity index (χ2v) is 11.9. The summed E-state index contributed by atoms with van der Waals surface area (Å²) in [7, 11) is 1.51. The Morgan fingerprint density at radius 2 is 1.79 bits per heavy atom. The Bertz CT molecular complexity index is 1790. The van der Waals surface area contributed by atoms with E-state index in [-0.39, 0.29) is 17.6 Å². The van der Waals surface area contributed by atoms with Crippen LogP contribution in [0.1, 0.15) is 120 Å². The topological polar surface area (TPSA) is 113 Å². The molecule has 0 radical (unpaired) electrons. The van der Waals surface area contributed by atoms with Crippen molar-refractivity contribution in [2.45, 2.75) is 85.2 Å². The number of allylic oxidation sites excluding steroid dienone is 2. The fraction of sp³-hybridized carbons (Fsp3) is 0.441. The van der Waals surface area contributed by atoms with Crippen molar-refractivity contribution in [2.24, 2.45) is 0 Å². The zero-order valence-corrected chi connectivity index (χ0v) is 25.6. The van der Waals surface area contributed by atoms with Gasteiger partial charge in [-0.2, -0.15) is 0 Å². The Kier molecular flexibility index (Phi) is 7.41. The quantitative estimate of drug-likeness (QED) is 0.156. The number of nitrogens with zero attached hydrogens (tertiary/aromatic N) is 2. The van der Waals surface area contributed by atoms with Crippen LogP contribution in [0.5, 0.6) is 0 Å². The standard InChI is InChI=1S/C34H40N4O4/c1-8-21-16(2)24-15-29-31(20(6)39)18(4)26(36-29)13-25-17(3)22(10-9-11-42-41-7)33(37-25)23-12-30(40)32-19(5)27(38-34(23)32)14-28(21)35-24/h13-16,20-21,36,38-39H,8-12H2,1-7H3/t16-,20?,21-/m1/s1. The highest BCUT2D eigenvalue weighted by Crippen LogP contribution is 2.42. The van der Waals surface area contributed by atoms with E-state index in [1.807, 2.05) is 13.8 Å². The van der Waals surface area contributed by atoms with Crippen molar-refractivity contribution in [3.63, 3.8) is 0 Å². The lowest BCUT2D eigenvalue weighted by atomic mass is 9.89. The number of aliphatic hydroxyl groups excluding tert-OH is 1. The number of H-pyrrole nitrogens is 2. The van der Waals surface area contributed by atoms with E-state index in [1.54, 1.807) is 6.92 Å². The largest absolute Gasteiger partial charge is 0.389 e. The highest BCUT2D eigenvalue weighted by atomic mass is 17.2. The molecular formula is C34H40N4O4. The summed E-state index contributed by atoms with van der Waals surface area (Å²) in [6.45, 7) is 12.8. The van der Waals surface area contributed by atoms with Gasteiger partial charge in [-0.05, 0) is 87.4 Å². The van der Waals surface area contributed by atoms with Gasteiger partial charge in [0.1, 0.15) is 0 Å². The summed E-state index contributed by atoms with van der Waals surface area (Å²) in [6, 6.07) is 6.30. The number of nitrogens with one attached hydrogen (secondary N) is 2. The molecule has 3 aromatic rings. The fourth-order valence-electron chi connectivity index (χ4n) is 7.11. The maximum Gasteiger partial charge on any atom is 0.169 e. The summed E-state index contributed by atoms with van der Waals surface area (Å²) < 4.78 is 0. The molecule has 8 bridgehead atoms. The summed E-state index contributed by atoms with van der Waals surface area (Å²) in [5.74, 6) is 0.588. The molecule has 0 saturated carbocycles. The second-order valence-electron chi connectivity index (χ2n) is 11.9. The summed E-state index contributed by atoms with van der Waals surface area (Å²) >= 11 is 0. The molecule has 3 N–H and O–H groups in total. The van der Waals surface area contributed by atoms with E-state index < -0.39 is 6.10 Å². The van der Waals surface area contributed by atoms with E-state index >= 15 is 0 Å². The van der Waals surface area contributed by atoms with Gasteiger partial charge < -0.3 is 15.1 Å². The molecule has 42 heavy (non-hydrogen) atoms. The zero-order chi connectivity index (χ0) is 29.9. The van der Waals surface area contributed by atoms with E-state index in [2.05, 4.69) is 48.9 Å². The van der Waals surface area contributed by atoms with Gasteiger partial charge in [0.05, 0.1) is 36.7 Å². The van der Waals surface area contributed by atoms with Crippen molar-refractivity contribution in [3.05, 3.63) is 68.8 Å². The first kappa shape index (κ1) is 28.5. The molecule has 1 unspecified atom stereocenters. The molecule has 0 spiro atoms. The highest BCUT2D eigenvalue weighted by Gasteiger charge is 2.32. The zero-order valence-electron chi connectivity index (χ0n) is 25.6. The van der Waals surface area contributed by atoms with Gasteiger partial charge in [0, 0.05) is 62.9 Å². The molecular weight excluding hydrogens is 528 g/mol. The van der Waals surface area contributed by atoms with Crippen molar-refractivity contribution in [3.8, 4) is 0 Å². The molecule has 3 aliphatic rings. The molecule has 8 heteroatoms. The third-order valence-corrected chi connectivity index (χ3v) is 9.42. The molecule has 5 heterocycles. The van der Waals surface area contributed by atoms with Crippen molar-refractivity contribution in [1.82, 2.24) is 19.9 Å². The number of hydrogen-bond donors (Lipinski definition) is 3. The Morgan fingerprint density at radius 3 is 2.50 bits per heavy atom. The first-order valence-electron chi connectivity index (χ1n) is 15.0. The van der Waals surface area contributed by atoms with Crippen molar-refractivity contribution in [1.29, 1.82) is 0 Å². The number of hydrogen-bond acceptors (Lipinski definition) is 6. The number of aromatic nitrogens is 4. The predicted molar refractivity (Wildman–Crippen MR) is 165 cm³/mol. The van der Waals surface area contributed by atoms with E-state index in [0.717, 1.165) is 103 Å². The lowest BCUT2D eigenvalue weighted by molar-refractivity contribution is -0.272. The Hall–Kier alpha value is -3.59. The van der Waals surface area contributed by atoms with Gasteiger partial charge in [-0.3, -0.25) is 9.78 Å². The lowest BCUT2D eigenvalue weighted by Crippen LogP contribution is -2.00. The first-order valence-corrected chi connectivity index (χ1v) is 15.0. The Balaban J connectivity index is 1.73. The number of ketones is 1. The van der Waals surface area contributed by atoms with Crippen molar-refractivity contribution in [2.75, 3.05) is 13.7 Å². The average molecular weight is 569 g/mol. The Morgan fingerprint density at radius 1 is 1.05 bits per heavy atom. The molecule has 0 aromatic carbocycles. The van der Waals surface area contributed by atoms with Crippen LogP contribution in [0.15, 0.2) is 18.2 Å². The van der Waals surface area contributed by atoms with E-state index in [4.69, 9.17) is 19.7 Å². The van der Waals surface area contributed by atoms with Gasteiger partial charge in [-0.25, -0.2) is 14.8 Å². The van der Waals surface area contributed by atoms with Crippen LogP contribution in [-0.2, 0) is 16.2 Å². The van der Waals surface area contributed by atoms with E-state index in [0.29, 0.717) is 13.0 Å². The van der Waals surface area contributed by atoms with Crippen molar-refractivity contribution < 1.29 is 19.7 Å². The minimum Gasteiger partial charge on any atom is -0.389 e. The predicted octanol–water partition coefficient (Wildman–Crippen LogP) is 7.31. The van der Waals surface area contributed by atoms with E-state index in [9.17, 15) is 9.90 Å². The van der Waals surface area contributed by atoms with Crippen LogP contribution in [-0.4, -0.2) is 44.5 Å². The molecule has 1 aliphatic carbocycles. The van der Waals surface area contributed by atoms with Crippen LogP contribution in [0, 0.1) is 13.8 Å². The van der Waals surface area contributed by atoms with Crippen LogP contribution in [0.25, 0.3) is 33.2 Å². The number of carbonyl (C=O) groups excluding carboxylic acids is 1. The summed E-state index contributed by atoms with van der Waals surface area (Å²) in [5, 5.41) is 10.8. The molecule has 3 atom stereocenters. The van der Waals surface area contributed by atoms with E-state index in [1.165, 1.54) is 7.11 Å². The third kappa shape index (κ3) is 4.53. The number of aliphatic hydroxyl groups is 1. The van der Waals surface area contributed by atoms with Crippen LogP contribution >= 0.6 is 0 Å². The molecule has 220 valence electrons. The van der Waals surface area contributed by atoms with Gasteiger partial charge in [0.2, 0.25) is 0 Å². The fourth-order valence-corrected chi connectivity index (χ4v) is 7.11. The number of Topliss-reactive ketones (excluding diaryl/α,β-unsaturated/α-hetero) is 1. The van der Waals surface area contributed by atoms with Gasteiger partial charge in [-0.1, -0.05) is 13.8 Å². The lowest BCUT2D eigenvalue weighted by Gasteiger charge is -2.13. The number of carbonyl (C=O) groups is 1. The smallest absolute Gasteiger partial charge is 0.169 e. The summed E-state index contributed by atoms with van der Waals surface area (Å²) in [4.78, 5) is 41.0. The normalized spacial score (nSPS) is 18.8. The summed E-state index contributed by atoms with van der Waals surface area (Å²) in [5.41, 5.74) is 14.0. The van der Waals surface area contributed by atoms with Crippen LogP contribution in [0.4, 0.5) is 0 Å².